The van der Waals surface area contributed by atoms with E-state index in [0.717, 1.165) is 0 Å². The zero-order valence-corrected chi connectivity index (χ0v) is 7.96. The van der Waals surface area contributed by atoms with Gasteiger partial charge >= 0.3 is 0 Å². The Labute approximate surface area is 75.6 Å². The van der Waals surface area contributed by atoms with Gasteiger partial charge in [0, 0.05) is 0 Å². The number of fused-ring (bicyclic) bond motifs is 1. The maximum Gasteiger partial charge on any atom is 0.0720 e. The zero-order chi connectivity index (χ0) is 8.55. The Balaban J connectivity index is 2.89. The standard InChI is InChI=1S/C11H9Si/c1-8-6-9-4-2-3-5-10(9)11(12)7-8/h2-7H,1H3. The zero-order valence-electron chi connectivity index (χ0n) is 6.96. The smallest absolute Gasteiger partial charge is 0.0616 e. The highest BCUT2D eigenvalue weighted by atomic mass is 28.1. The number of rotatable bonds is 0. The molecule has 57 valence electrons. The Morgan fingerprint density at radius 3 is 2.67 bits per heavy atom. The predicted molar refractivity (Wildman–Crippen MR) is 54.1 cm³/mol. The van der Waals surface area contributed by atoms with E-state index in [2.05, 4.69) is 53.6 Å². The van der Waals surface area contributed by atoms with Gasteiger partial charge in [-0.1, -0.05) is 47.1 Å². The van der Waals surface area contributed by atoms with E-state index < -0.39 is 0 Å². The van der Waals surface area contributed by atoms with Gasteiger partial charge in [0.25, 0.3) is 0 Å². The average Bonchev–Trinajstić information content (AvgIpc) is 2.04. The van der Waals surface area contributed by atoms with Gasteiger partial charge in [-0.3, -0.25) is 0 Å². The van der Waals surface area contributed by atoms with Crippen molar-refractivity contribution in [1.29, 1.82) is 0 Å². The van der Waals surface area contributed by atoms with E-state index in [1.807, 2.05) is 0 Å². The summed E-state index contributed by atoms with van der Waals surface area (Å²) in [4.78, 5) is 0. The number of aryl methyl sites for hydroxylation is 1. The number of hydrogen-bond acceptors (Lipinski definition) is 0. The van der Waals surface area contributed by atoms with Gasteiger partial charge in [-0.05, 0) is 17.7 Å². The first-order chi connectivity index (χ1) is 5.77. The topological polar surface area (TPSA) is 0 Å². The third kappa shape index (κ3) is 1.16. The Kier molecular flexibility index (Phi) is 1.74. The molecule has 0 aliphatic rings. The van der Waals surface area contributed by atoms with Crippen molar-refractivity contribution < 1.29 is 0 Å². The van der Waals surface area contributed by atoms with E-state index in [-0.39, 0.29) is 0 Å². The van der Waals surface area contributed by atoms with Gasteiger partial charge in [0.1, 0.15) is 0 Å². The van der Waals surface area contributed by atoms with Crippen molar-refractivity contribution in [3.05, 3.63) is 42.0 Å². The molecular weight excluding hydrogens is 160 g/mol. The lowest BCUT2D eigenvalue weighted by molar-refractivity contribution is 1.52. The molecular formula is C11H9Si. The molecule has 12 heavy (non-hydrogen) atoms. The van der Waals surface area contributed by atoms with E-state index >= 15 is 0 Å². The average molecular weight is 169 g/mol. The largest absolute Gasteiger partial charge is 0.0720 e. The lowest BCUT2D eigenvalue weighted by Crippen LogP contribution is -2.03. The molecule has 2 aromatic carbocycles. The van der Waals surface area contributed by atoms with Crippen LogP contribution in [0.1, 0.15) is 5.56 Å². The Hall–Kier alpha value is -1.08. The van der Waals surface area contributed by atoms with Crippen molar-refractivity contribution in [3.8, 4) is 0 Å². The highest BCUT2D eigenvalue weighted by molar-refractivity contribution is 6.38. The van der Waals surface area contributed by atoms with Gasteiger partial charge in [-0.25, -0.2) is 0 Å². The molecule has 0 saturated heterocycles. The summed E-state index contributed by atoms with van der Waals surface area (Å²) in [6, 6.07) is 12.7. The Bertz CT molecular complexity index is 418. The summed E-state index contributed by atoms with van der Waals surface area (Å²) in [5, 5.41) is 3.74. The van der Waals surface area contributed by atoms with Gasteiger partial charge < -0.3 is 0 Å². The molecule has 2 aromatic rings. The van der Waals surface area contributed by atoms with Gasteiger partial charge in [0.05, 0.1) is 10.2 Å². The molecule has 0 heterocycles. The fourth-order valence-electron chi connectivity index (χ4n) is 1.46. The van der Waals surface area contributed by atoms with E-state index in [0.29, 0.717) is 0 Å². The van der Waals surface area contributed by atoms with Crippen molar-refractivity contribution in [3.63, 3.8) is 0 Å². The van der Waals surface area contributed by atoms with Crippen LogP contribution in [0.5, 0.6) is 0 Å². The van der Waals surface area contributed by atoms with Gasteiger partial charge in [0.2, 0.25) is 0 Å². The van der Waals surface area contributed by atoms with Crippen LogP contribution in [-0.4, -0.2) is 10.2 Å². The van der Waals surface area contributed by atoms with Crippen LogP contribution in [0.25, 0.3) is 10.8 Å². The molecule has 0 fully saturated rings. The summed E-state index contributed by atoms with van der Waals surface area (Å²) in [6.07, 6.45) is 0. The highest BCUT2D eigenvalue weighted by Crippen LogP contribution is 2.12. The molecule has 0 aliphatic carbocycles. The van der Waals surface area contributed by atoms with Crippen LogP contribution in [0.3, 0.4) is 0 Å². The van der Waals surface area contributed by atoms with Crippen molar-refractivity contribution in [2.75, 3.05) is 0 Å². The molecule has 0 atom stereocenters. The first-order valence-electron chi connectivity index (χ1n) is 3.98. The minimum atomic E-state index is 1.17. The monoisotopic (exact) mass is 169 g/mol. The summed E-state index contributed by atoms with van der Waals surface area (Å²) in [5.74, 6) is 0. The fourth-order valence-corrected chi connectivity index (χ4v) is 1.92. The second-order valence-electron chi connectivity index (χ2n) is 3.03. The quantitative estimate of drug-likeness (QED) is 0.529. The highest BCUT2D eigenvalue weighted by Gasteiger charge is 1.95. The minimum absolute atomic E-state index is 1.17. The van der Waals surface area contributed by atoms with Crippen LogP contribution in [0, 0.1) is 6.92 Å². The van der Waals surface area contributed by atoms with E-state index in [1.165, 1.54) is 21.5 Å². The van der Waals surface area contributed by atoms with E-state index in [4.69, 9.17) is 0 Å². The molecule has 3 radical (unpaired) electrons. The molecule has 0 aromatic heterocycles. The number of hydrogen-bond donors (Lipinski definition) is 0. The van der Waals surface area contributed by atoms with Crippen molar-refractivity contribution in [2.45, 2.75) is 6.92 Å². The molecule has 1 heteroatoms. The summed E-state index contributed by atoms with van der Waals surface area (Å²) in [6.45, 7) is 2.11. The lowest BCUT2D eigenvalue weighted by Gasteiger charge is -2.02. The molecule has 2 rings (SSSR count). The van der Waals surface area contributed by atoms with Crippen LogP contribution >= 0.6 is 0 Å². The summed E-state index contributed by atoms with van der Waals surface area (Å²) in [7, 11) is 3.60. The van der Waals surface area contributed by atoms with Crippen LogP contribution in [0.2, 0.25) is 0 Å². The van der Waals surface area contributed by atoms with Crippen LogP contribution in [0.15, 0.2) is 36.4 Å². The molecule has 0 saturated carbocycles. The molecule has 0 aliphatic heterocycles. The summed E-state index contributed by atoms with van der Waals surface area (Å²) < 4.78 is 0. The molecule has 0 spiro atoms. The Morgan fingerprint density at radius 2 is 1.83 bits per heavy atom. The van der Waals surface area contributed by atoms with Crippen molar-refractivity contribution >= 4 is 26.2 Å². The van der Waals surface area contributed by atoms with Gasteiger partial charge in [0.15, 0.2) is 0 Å². The maximum atomic E-state index is 3.60. The minimum Gasteiger partial charge on any atom is -0.0616 e. The normalized spacial score (nSPS) is 10.5. The van der Waals surface area contributed by atoms with Gasteiger partial charge in [-0.15, -0.1) is 0 Å². The van der Waals surface area contributed by atoms with Crippen molar-refractivity contribution in [2.24, 2.45) is 0 Å². The first kappa shape index (κ1) is 7.56. The summed E-state index contributed by atoms with van der Waals surface area (Å²) in [5.41, 5.74) is 1.29. The van der Waals surface area contributed by atoms with E-state index in [1.54, 1.807) is 0 Å². The van der Waals surface area contributed by atoms with Crippen molar-refractivity contribution in [1.82, 2.24) is 0 Å². The SMILES string of the molecule is Cc1cc([Si])c2ccccc2c1. The third-order valence-electron chi connectivity index (χ3n) is 2.01. The first-order valence-corrected chi connectivity index (χ1v) is 4.48. The predicted octanol–water partition coefficient (Wildman–Crippen LogP) is 1.94. The lowest BCUT2D eigenvalue weighted by atomic mass is 10.1. The van der Waals surface area contributed by atoms with Crippen LogP contribution in [0.4, 0.5) is 0 Å². The molecule has 0 bridgehead atoms. The van der Waals surface area contributed by atoms with Crippen LogP contribution < -0.4 is 5.19 Å². The fraction of sp³-hybridized carbons (Fsp3) is 0.0909. The van der Waals surface area contributed by atoms with Crippen LogP contribution in [-0.2, 0) is 0 Å². The second kappa shape index (κ2) is 2.76. The van der Waals surface area contributed by atoms with E-state index in [9.17, 15) is 0 Å². The third-order valence-corrected chi connectivity index (χ3v) is 2.42. The maximum absolute atomic E-state index is 3.60. The second-order valence-corrected chi connectivity index (χ2v) is 3.57. The Morgan fingerprint density at radius 1 is 1.08 bits per heavy atom. The molecule has 0 unspecified atom stereocenters. The summed E-state index contributed by atoms with van der Waals surface area (Å²) >= 11 is 0. The number of benzene rings is 2. The molecule has 0 N–H and O–H groups in total. The van der Waals surface area contributed by atoms with Gasteiger partial charge in [-0.2, -0.15) is 0 Å². The molecule has 0 amide bonds. The molecule has 0 nitrogen and oxygen atoms in total.